The van der Waals surface area contributed by atoms with Crippen LogP contribution in [0.5, 0.6) is 0 Å². The molecule has 2 aliphatic rings. The third-order valence-electron chi connectivity index (χ3n) is 11.4. The Balaban J connectivity index is 1.12. The second kappa shape index (κ2) is 26.7. The Kier molecular flexibility index (Phi) is 21.9. The summed E-state index contributed by atoms with van der Waals surface area (Å²) in [6, 6.07) is 1.13. The summed E-state index contributed by atoms with van der Waals surface area (Å²) in [6.07, 6.45) is 24.6. The fraction of sp³-hybridized carbons (Fsp3) is 0.750. The molecule has 0 atom stereocenters. The molecule has 0 aromatic carbocycles. The van der Waals surface area contributed by atoms with Gasteiger partial charge < -0.3 is 42.5 Å². The Labute approximate surface area is 386 Å². The van der Waals surface area contributed by atoms with Gasteiger partial charge in [-0.25, -0.2) is 9.98 Å². The number of unbranched alkanes of at least 4 members (excludes halogenated alkanes) is 9. The smallest absolute Gasteiger partial charge is 0.255 e. The molecule has 64 heavy (non-hydrogen) atoms. The molecular weight excluding hydrogens is 801 g/mol. The number of anilines is 4. The van der Waals surface area contributed by atoms with Crippen LogP contribution in [0, 0.1) is 0 Å². The molecule has 2 saturated heterocycles. The second-order valence-corrected chi connectivity index (χ2v) is 20.4. The number of nitrogens with zero attached hydrogens (tertiary/aromatic N) is 8. The topological polar surface area (TPSA) is 198 Å². The molecule has 0 saturated carbocycles. The lowest BCUT2D eigenvalue weighted by atomic mass is 9.79. The first-order valence-electron chi connectivity index (χ1n) is 24.3. The number of piperidine rings is 2. The van der Waals surface area contributed by atoms with Crippen molar-refractivity contribution in [2.45, 2.75) is 192 Å². The third-order valence-corrected chi connectivity index (χ3v) is 11.4. The highest BCUT2D eigenvalue weighted by molar-refractivity contribution is 5.62. The molecule has 0 radical (unpaired) electrons. The van der Waals surface area contributed by atoms with Gasteiger partial charge in [0.15, 0.2) is 0 Å². The van der Waals surface area contributed by atoms with Crippen LogP contribution >= 0.6 is 0 Å². The molecule has 0 spiro atoms. The van der Waals surface area contributed by atoms with Crippen molar-refractivity contribution in [3.05, 3.63) is 25.3 Å². The van der Waals surface area contributed by atoms with E-state index in [1.54, 1.807) is 12.2 Å². The summed E-state index contributed by atoms with van der Waals surface area (Å²) < 4.78 is 0. The molecule has 0 unspecified atom stereocenters. The van der Waals surface area contributed by atoms with Crippen molar-refractivity contribution in [2.24, 2.45) is 9.98 Å². The third kappa shape index (κ3) is 21.7. The average molecular weight is 887 g/mol. The second-order valence-electron chi connectivity index (χ2n) is 20.4. The number of nitrogens with one attached hydrogen (secondary N) is 8. The van der Waals surface area contributed by atoms with Gasteiger partial charge in [0.05, 0.1) is 0 Å². The quantitative estimate of drug-likeness (QED) is 0.0203. The van der Waals surface area contributed by atoms with Gasteiger partial charge in [0.25, 0.3) is 11.9 Å². The van der Waals surface area contributed by atoms with E-state index in [0.717, 1.165) is 103 Å². The molecule has 0 amide bonds. The van der Waals surface area contributed by atoms with Gasteiger partial charge in [0, 0.05) is 72.8 Å². The molecule has 0 aliphatic carbocycles. The van der Waals surface area contributed by atoms with Crippen LogP contribution in [0.4, 0.5) is 35.7 Å². The van der Waals surface area contributed by atoms with Gasteiger partial charge in [-0.3, -0.25) is 0 Å². The maximum atomic E-state index is 4.57. The number of hydrogen-bond acceptors (Lipinski definition) is 16. The fourth-order valence-corrected chi connectivity index (χ4v) is 9.40. The van der Waals surface area contributed by atoms with Gasteiger partial charge >= 0.3 is 0 Å². The van der Waals surface area contributed by atoms with Gasteiger partial charge in [-0.2, -0.15) is 29.9 Å². The Morgan fingerprint density at radius 1 is 0.469 bits per heavy atom. The van der Waals surface area contributed by atoms with Gasteiger partial charge in [0.2, 0.25) is 23.8 Å². The minimum Gasteiger partial charge on any atom is -0.354 e. The molecule has 358 valence electrons. The van der Waals surface area contributed by atoms with E-state index >= 15 is 0 Å². The van der Waals surface area contributed by atoms with Gasteiger partial charge in [0.1, 0.15) is 0 Å². The highest BCUT2D eigenvalue weighted by Crippen LogP contribution is 2.29. The van der Waals surface area contributed by atoms with Crippen LogP contribution in [0.25, 0.3) is 0 Å². The first kappa shape index (κ1) is 52.5. The zero-order chi connectivity index (χ0) is 46.3. The van der Waals surface area contributed by atoms with Crippen LogP contribution in [0.2, 0.25) is 0 Å². The summed E-state index contributed by atoms with van der Waals surface area (Å²) in [4.78, 5) is 36.3. The number of aliphatic imine (C=N–C) groups is 2. The SMILES string of the molecule is C=CCNc1nc(N=CCCCCC=Nc2nc(NCC=C)nc(NCCCCCCNC3CC(C)(C)NC(C)(C)C3)n2)nc(NCCCCCCNC2CC(C)(C)NC(C)(C)C2)n1. The lowest BCUT2D eigenvalue weighted by Gasteiger charge is -2.46. The summed E-state index contributed by atoms with van der Waals surface area (Å²) in [5, 5.41) is 28.3. The highest BCUT2D eigenvalue weighted by Gasteiger charge is 2.38. The van der Waals surface area contributed by atoms with Crippen molar-refractivity contribution in [1.82, 2.24) is 51.2 Å². The summed E-state index contributed by atoms with van der Waals surface area (Å²) in [5.74, 6) is 2.79. The number of hydrogen-bond donors (Lipinski definition) is 8. The number of rotatable bonds is 31. The number of aromatic nitrogens is 6. The zero-order valence-electron chi connectivity index (χ0n) is 41.0. The monoisotopic (exact) mass is 887 g/mol. The van der Waals surface area contributed by atoms with Crippen molar-refractivity contribution in [3.63, 3.8) is 0 Å². The fourth-order valence-electron chi connectivity index (χ4n) is 9.40. The maximum Gasteiger partial charge on any atom is 0.255 e. The van der Waals surface area contributed by atoms with Crippen LogP contribution in [-0.4, -0.2) is 116 Å². The van der Waals surface area contributed by atoms with E-state index in [1.165, 1.54) is 25.7 Å². The Bertz CT molecular complexity index is 1580. The van der Waals surface area contributed by atoms with Crippen molar-refractivity contribution in [1.29, 1.82) is 0 Å². The van der Waals surface area contributed by atoms with Crippen LogP contribution in [-0.2, 0) is 0 Å². The highest BCUT2D eigenvalue weighted by atomic mass is 15.3. The molecule has 0 bridgehead atoms. The summed E-state index contributed by atoms with van der Waals surface area (Å²) >= 11 is 0. The molecule has 2 aromatic rings. The van der Waals surface area contributed by atoms with E-state index in [4.69, 9.17) is 0 Å². The van der Waals surface area contributed by atoms with E-state index in [0.29, 0.717) is 60.9 Å². The first-order valence-corrected chi connectivity index (χ1v) is 24.3. The van der Waals surface area contributed by atoms with Crippen LogP contribution in [0.1, 0.15) is 158 Å². The Morgan fingerprint density at radius 3 is 1.14 bits per heavy atom. The summed E-state index contributed by atoms with van der Waals surface area (Å²) in [5.41, 5.74) is 0.672. The van der Waals surface area contributed by atoms with Crippen molar-refractivity contribution in [3.8, 4) is 0 Å². The van der Waals surface area contributed by atoms with Crippen LogP contribution < -0.4 is 42.5 Å². The average Bonchev–Trinajstić information content (AvgIpc) is 3.20. The van der Waals surface area contributed by atoms with E-state index in [9.17, 15) is 0 Å². The van der Waals surface area contributed by atoms with Crippen molar-refractivity contribution >= 4 is 48.1 Å². The lowest BCUT2D eigenvalue weighted by Crippen LogP contribution is -2.61. The predicted molar refractivity (Wildman–Crippen MR) is 270 cm³/mol. The van der Waals surface area contributed by atoms with Gasteiger partial charge in [-0.05, 0) is 146 Å². The zero-order valence-corrected chi connectivity index (χ0v) is 41.0. The van der Waals surface area contributed by atoms with Crippen LogP contribution in [0.3, 0.4) is 0 Å². The van der Waals surface area contributed by atoms with Crippen molar-refractivity contribution < 1.29 is 0 Å². The summed E-state index contributed by atoms with van der Waals surface area (Å²) in [6.45, 7) is 30.9. The Morgan fingerprint density at radius 2 is 0.797 bits per heavy atom. The minimum atomic E-state index is 0.168. The lowest BCUT2D eigenvalue weighted by molar-refractivity contribution is 0.145. The summed E-state index contributed by atoms with van der Waals surface area (Å²) in [7, 11) is 0. The van der Waals surface area contributed by atoms with Gasteiger partial charge in [-0.1, -0.05) is 37.8 Å². The van der Waals surface area contributed by atoms with E-state index < -0.39 is 0 Å². The minimum absolute atomic E-state index is 0.168. The maximum absolute atomic E-state index is 4.57. The molecule has 8 N–H and O–H groups in total. The van der Waals surface area contributed by atoms with E-state index in [1.807, 2.05) is 12.4 Å². The van der Waals surface area contributed by atoms with Crippen molar-refractivity contribution in [2.75, 3.05) is 60.5 Å². The predicted octanol–water partition coefficient (Wildman–Crippen LogP) is 8.66. The molecular formula is C48H86N16. The molecule has 4 heterocycles. The molecule has 2 aliphatic heterocycles. The van der Waals surface area contributed by atoms with Gasteiger partial charge in [-0.15, -0.1) is 13.2 Å². The molecule has 16 heteroatoms. The largest absolute Gasteiger partial charge is 0.354 e. The molecule has 4 rings (SSSR count). The normalized spacial score (nSPS) is 18.3. The van der Waals surface area contributed by atoms with E-state index in [-0.39, 0.29) is 22.2 Å². The first-order chi connectivity index (χ1) is 30.5. The standard InChI is InChI=1S/C48H86N16/c1-11-25-51-39-57-41(53-29-21-15-13-19-27-49-37-33-45(3,4)63-46(5,6)34-37)61-43(59-39)55-31-23-17-18-24-32-56-44-60-40(52-26-12-2)58-42(62-44)54-30-22-16-14-20-28-50-38-35-47(7,8)64-48(9,10)36-38/h11-12,31-32,37-38,49-50,63-64H,1-2,13-30,33-36H2,3-10H3,(H2,51,53,57,59,61)(H2,52,54,58,60,62). The molecule has 16 nitrogen and oxygen atoms in total. The van der Waals surface area contributed by atoms with E-state index in [2.05, 4.69) is 151 Å². The molecule has 2 fully saturated rings. The Hall–Kier alpha value is -4.12. The van der Waals surface area contributed by atoms with Crippen LogP contribution in [0.15, 0.2) is 35.3 Å². The molecule has 2 aromatic heterocycles.